The van der Waals surface area contributed by atoms with Gasteiger partial charge >= 0.3 is 0 Å². The van der Waals surface area contributed by atoms with Crippen molar-refractivity contribution in [2.45, 2.75) is 13.3 Å². The number of nitrogens with zero attached hydrogens (tertiary/aromatic N) is 5. The lowest BCUT2D eigenvalue weighted by atomic mass is 10.5. The van der Waals surface area contributed by atoms with E-state index in [0.29, 0.717) is 17.8 Å². The predicted molar refractivity (Wildman–Crippen MR) is 81.1 cm³/mol. The van der Waals surface area contributed by atoms with Crippen LogP contribution in [0.2, 0.25) is 0 Å². The average Bonchev–Trinajstić information content (AvgIpc) is 2.43. The fourth-order valence-electron chi connectivity index (χ4n) is 1.37. The molecule has 0 unspecified atom stereocenters. The summed E-state index contributed by atoms with van der Waals surface area (Å²) in [6.07, 6.45) is 1.00. The van der Waals surface area contributed by atoms with Gasteiger partial charge in [-0.25, -0.2) is 5.06 Å². The van der Waals surface area contributed by atoms with Crippen LogP contribution in [0.5, 0.6) is 0 Å². The van der Waals surface area contributed by atoms with Crippen LogP contribution >= 0.6 is 0 Å². The molecule has 8 nitrogen and oxygen atoms in total. The molecule has 0 aromatic carbocycles. The Morgan fingerprint density at radius 3 is 2.10 bits per heavy atom. The number of hydrogen-bond acceptors (Lipinski definition) is 8. The summed E-state index contributed by atoms with van der Waals surface area (Å²) in [5, 5.41) is 7.84. The minimum atomic E-state index is 0.466. The van der Waals surface area contributed by atoms with Crippen LogP contribution < -0.4 is 15.7 Å². The third-order valence-electron chi connectivity index (χ3n) is 2.55. The van der Waals surface area contributed by atoms with E-state index in [2.05, 4.69) is 37.4 Å². The van der Waals surface area contributed by atoms with Gasteiger partial charge in [-0.3, -0.25) is 4.84 Å². The molecular weight excluding hydrogens is 258 g/mol. The van der Waals surface area contributed by atoms with Crippen molar-refractivity contribution in [2.75, 3.05) is 63.6 Å². The molecule has 1 aromatic heterocycles. The first-order valence-corrected chi connectivity index (χ1v) is 6.73. The largest absolute Gasteiger partial charge is 0.354 e. The molecule has 1 aromatic rings. The summed E-state index contributed by atoms with van der Waals surface area (Å²) >= 11 is 0. The maximum atomic E-state index is 5.11. The Morgan fingerprint density at radius 1 is 1.00 bits per heavy atom. The lowest BCUT2D eigenvalue weighted by Gasteiger charge is -2.16. The van der Waals surface area contributed by atoms with E-state index in [1.54, 1.807) is 14.2 Å². The van der Waals surface area contributed by atoms with Crippen LogP contribution in [0.25, 0.3) is 0 Å². The van der Waals surface area contributed by atoms with Crippen molar-refractivity contribution in [3.05, 3.63) is 0 Å². The van der Waals surface area contributed by atoms with E-state index < -0.39 is 0 Å². The number of aromatic nitrogens is 3. The van der Waals surface area contributed by atoms with E-state index in [-0.39, 0.29) is 0 Å². The molecule has 0 atom stereocenters. The Balaban J connectivity index is 2.79. The van der Waals surface area contributed by atoms with Crippen molar-refractivity contribution in [3.8, 4) is 0 Å². The van der Waals surface area contributed by atoms with Gasteiger partial charge in [0.05, 0.1) is 7.11 Å². The van der Waals surface area contributed by atoms with Crippen LogP contribution in [0.4, 0.5) is 17.8 Å². The molecule has 1 rings (SSSR count). The van der Waals surface area contributed by atoms with Crippen LogP contribution in [0.15, 0.2) is 0 Å². The summed E-state index contributed by atoms with van der Waals surface area (Å²) in [7, 11) is 7.37. The standard InChI is InChI=1S/C12H25N7O/c1-6-7-13-10-15-11(14-8-9-18(2)3)17-12(16-10)19(4)20-5/h6-9H2,1-5H3,(H2,13,14,15,16,17). The Labute approximate surface area is 120 Å². The van der Waals surface area contributed by atoms with Crippen LogP contribution in [-0.4, -0.2) is 67.7 Å². The Hall–Kier alpha value is -1.67. The number of nitrogens with one attached hydrogen (secondary N) is 2. The zero-order chi connectivity index (χ0) is 15.0. The van der Waals surface area contributed by atoms with Gasteiger partial charge in [-0.2, -0.15) is 15.0 Å². The smallest absolute Gasteiger partial charge is 0.256 e. The monoisotopic (exact) mass is 283 g/mol. The number of hydroxylamine groups is 1. The maximum absolute atomic E-state index is 5.11. The molecule has 0 aliphatic rings. The predicted octanol–water partition coefficient (Wildman–Crippen LogP) is 0.665. The van der Waals surface area contributed by atoms with Gasteiger partial charge < -0.3 is 15.5 Å². The maximum Gasteiger partial charge on any atom is 0.256 e. The number of anilines is 3. The highest BCUT2D eigenvalue weighted by Crippen LogP contribution is 2.12. The molecule has 20 heavy (non-hydrogen) atoms. The van der Waals surface area contributed by atoms with Gasteiger partial charge in [-0.05, 0) is 20.5 Å². The van der Waals surface area contributed by atoms with Crippen molar-refractivity contribution in [3.63, 3.8) is 0 Å². The molecule has 0 saturated carbocycles. The zero-order valence-corrected chi connectivity index (χ0v) is 13.0. The second-order valence-electron chi connectivity index (χ2n) is 4.62. The summed E-state index contributed by atoms with van der Waals surface area (Å²) in [6, 6.07) is 0. The summed E-state index contributed by atoms with van der Waals surface area (Å²) in [5.74, 6) is 1.56. The van der Waals surface area contributed by atoms with Gasteiger partial charge in [0.1, 0.15) is 0 Å². The number of hydrogen-bond donors (Lipinski definition) is 2. The quantitative estimate of drug-likeness (QED) is 0.640. The van der Waals surface area contributed by atoms with Gasteiger partial charge in [0.25, 0.3) is 5.95 Å². The highest BCUT2D eigenvalue weighted by Gasteiger charge is 2.09. The Morgan fingerprint density at radius 2 is 1.60 bits per heavy atom. The van der Waals surface area contributed by atoms with Gasteiger partial charge in [0, 0.05) is 26.7 Å². The van der Waals surface area contributed by atoms with Crippen LogP contribution in [-0.2, 0) is 4.84 Å². The molecule has 0 amide bonds. The summed E-state index contributed by atoms with van der Waals surface area (Å²) in [5.41, 5.74) is 0. The first-order valence-electron chi connectivity index (χ1n) is 6.73. The molecule has 1 heterocycles. The van der Waals surface area contributed by atoms with Crippen LogP contribution in [0, 0.1) is 0 Å². The van der Waals surface area contributed by atoms with E-state index in [1.165, 1.54) is 5.06 Å². The molecule has 0 aliphatic heterocycles. The van der Waals surface area contributed by atoms with Crippen molar-refractivity contribution in [1.29, 1.82) is 0 Å². The SMILES string of the molecule is CCCNc1nc(NCCN(C)C)nc(N(C)OC)n1. The molecule has 0 bridgehead atoms. The third kappa shape index (κ3) is 5.54. The molecular formula is C12H25N7O. The highest BCUT2D eigenvalue weighted by molar-refractivity contribution is 5.42. The topological polar surface area (TPSA) is 78.4 Å². The normalized spacial score (nSPS) is 10.7. The zero-order valence-electron chi connectivity index (χ0n) is 13.0. The van der Waals surface area contributed by atoms with Crippen LogP contribution in [0.3, 0.4) is 0 Å². The molecule has 114 valence electrons. The van der Waals surface area contributed by atoms with Gasteiger partial charge in [-0.15, -0.1) is 0 Å². The summed E-state index contributed by atoms with van der Waals surface area (Å²) in [4.78, 5) is 20.2. The Kier molecular flexibility index (Phi) is 6.96. The lowest BCUT2D eigenvalue weighted by Crippen LogP contribution is -2.23. The fourth-order valence-corrected chi connectivity index (χ4v) is 1.37. The molecule has 0 saturated heterocycles. The van der Waals surface area contributed by atoms with Crippen molar-refractivity contribution < 1.29 is 4.84 Å². The second kappa shape index (κ2) is 8.49. The minimum Gasteiger partial charge on any atom is -0.354 e. The van der Waals surface area contributed by atoms with Gasteiger partial charge in [-0.1, -0.05) is 6.92 Å². The lowest BCUT2D eigenvalue weighted by molar-refractivity contribution is 0.180. The molecule has 8 heteroatoms. The molecule has 0 spiro atoms. The van der Waals surface area contributed by atoms with E-state index in [1.807, 2.05) is 14.1 Å². The Bertz CT molecular complexity index is 399. The third-order valence-corrected chi connectivity index (χ3v) is 2.55. The highest BCUT2D eigenvalue weighted by atomic mass is 16.7. The molecule has 2 N–H and O–H groups in total. The molecule has 0 fully saturated rings. The fraction of sp³-hybridized carbons (Fsp3) is 0.750. The van der Waals surface area contributed by atoms with Crippen molar-refractivity contribution in [1.82, 2.24) is 19.9 Å². The van der Waals surface area contributed by atoms with Crippen LogP contribution in [0.1, 0.15) is 13.3 Å². The first kappa shape index (κ1) is 16.4. The van der Waals surface area contributed by atoms with E-state index in [4.69, 9.17) is 4.84 Å². The minimum absolute atomic E-state index is 0.466. The second-order valence-corrected chi connectivity index (χ2v) is 4.62. The van der Waals surface area contributed by atoms with Crippen molar-refractivity contribution >= 4 is 17.8 Å². The van der Waals surface area contributed by atoms with Crippen molar-refractivity contribution in [2.24, 2.45) is 0 Å². The first-order chi connectivity index (χ1) is 9.56. The number of rotatable bonds is 9. The average molecular weight is 283 g/mol. The summed E-state index contributed by atoms with van der Waals surface area (Å²) in [6.45, 7) is 4.57. The number of likely N-dealkylation sites (N-methyl/N-ethyl adjacent to an activating group) is 1. The summed E-state index contributed by atoms with van der Waals surface area (Å²) < 4.78 is 0. The van der Waals surface area contributed by atoms with E-state index in [9.17, 15) is 0 Å². The molecule has 0 aliphatic carbocycles. The van der Waals surface area contributed by atoms with E-state index in [0.717, 1.165) is 26.1 Å². The molecule has 0 radical (unpaired) electrons. The van der Waals surface area contributed by atoms with Gasteiger partial charge in [0.15, 0.2) is 0 Å². The van der Waals surface area contributed by atoms with E-state index >= 15 is 0 Å². The van der Waals surface area contributed by atoms with Gasteiger partial charge in [0.2, 0.25) is 11.9 Å².